The molecule has 5 rings (SSSR count). The zero-order chi connectivity index (χ0) is 28.4. The smallest absolute Gasteiger partial charge is 0.416 e. The molecule has 1 unspecified atom stereocenters. The molecule has 0 saturated heterocycles. The molecule has 0 aliphatic heterocycles. The lowest BCUT2D eigenvalue weighted by Crippen LogP contribution is -2.29. The highest BCUT2D eigenvalue weighted by molar-refractivity contribution is 5.94. The number of nitrogens with one attached hydrogen (secondary N) is 1. The Bertz CT molecular complexity index is 1630. The van der Waals surface area contributed by atoms with Crippen LogP contribution in [0.15, 0.2) is 71.2 Å². The first-order chi connectivity index (χ1) is 19.1. The Labute approximate surface area is 230 Å². The number of benzene rings is 3. The summed E-state index contributed by atoms with van der Waals surface area (Å²) in [5, 5.41) is 12.3. The van der Waals surface area contributed by atoms with E-state index in [4.69, 9.17) is 4.42 Å². The standard InChI is InChI=1S/C32H28F3N3O2/c1-19(2)27-14-21(17-36)15-28-29(27)40-31(38-28)24-12-10-23(11-13-24)30(39)37-18-20-6-8-22(9-7-20)25-4-3-5-26(16-25)32(33,34)35/h3-5,8,10-16,19-20H,6-7,9,18H2,1-2H3,(H,37,39). The van der Waals surface area contributed by atoms with Crippen molar-refractivity contribution < 1.29 is 22.4 Å². The molecule has 204 valence electrons. The third-order valence-corrected chi connectivity index (χ3v) is 7.30. The number of oxazole rings is 1. The summed E-state index contributed by atoms with van der Waals surface area (Å²) in [5.74, 6) is 0.600. The minimum Gasteiger partial charge on any atom is -0.436 e. The van der Waals surface area contributed by atoms with Crippen LogP contribution in [0, 0.1) is 17.2 Å². The molecule has 0 saturated carbocycles. The SMILES string of the molecule is CC(C)c1cc(C#N)cc2nc(-c3ccc(C(=O)NCC4CC=C(c5cccc(C(F)(F)F)c5)CC4)cc3)oc12. The van der Waals surface area contributed by atoms with Crippen LogP contribution in [0.3, 0.4) is 0 Å². The fraction of sp³-hybridized carbons (Fsp3) is 0.281. The molecule has 0 bridgehead atoms. The van der Waals surface area contributed by atoms with Crippen molar-refractivity contribution in [3.8, 4) is 17.5 Å². The van der Waals surface area contributed by atoms with E-state index in [1.54, 1.807) is 36.4 Å². The number of aromatic nitrogens is 1. The molecule has 1 aliphatic rings. The molecule has 3 aromatic carbocycles. The number of rotatable bonds is 6. The lowest BCUT2D eigenvalue weighted by molar-refractivity contribution is -0.137. The lowest BCUT2D eigenvalue weighted by atomic mass is 9.86. The van der Waals surface area contributed by atoms with Crippen molar-refractivity contribution in [2.24, 2.45) is 5.92 Å². The monoisotopic (exact) mass is 543 g/mol. The number of fused-ring (bicyclic) bond motifs is 1. The second-order valence-corrected chi connectivity index (χ2v) is 10.4. The zero-order valence-electron chi connectivity index (χ0n) is 22.2. The number of amides is 1. The highest BCUT2D eigenvalue weighted by atomic mass is 19.4. The van der Waals surface area contributed by atoms with Crippen LogP contribution >= 0.6 is 0 Å². The van der Waals surface area contributed by atoms with Crippen molar-refractivity contribution in [1.29, 1.82) is 5.26 Å². The topological polar surface area (TPSA) is 78.9 Å². The van der Waals surface area contributed by atoms with Gasteiger partial charge in [-0.3, -0.25) is 4.79 Å². The molecule has 1 heterocycles. The van der Waals surface area contributed by atoms with Gasteiger partial charge in [0, 0.05) is 23.2 Å². The van der Waals surface area contributed by atoms with E-state index < -0.39 is 11.7 Å². The van der Waals surface area contributed by atoms with Gasteiger partial charge >= 0.3 is 6.18 Å². The third-order valence-electron chi connectivity index (χ3n) is 7.30. The van der Waals surface area contributed by atoms with Gasteiger partial charge in [0.25, 0.3) is 5.91 Å². The molecule has 1 aromatic heterocycles. The molecular formula is C32H28F3N3O2. The third kappa shape index (κ3) is 5.79. The normalized spacial score (nSPS) is 15.6. The molecular weight excluding hydrogens is 515 g/mol. The Morgan fingerprint density at radius 1 is 1.12 bits per heavy atom. The number of alkyl halides is 3. The van der Waals surface area contributed by atoms with E-state index in [0.717, 1.165) is 29.2 Å². The Morgan fingerprint density at radius 2 is 1.90 bits per heavy atom. The Morgan fingerprint density at radius 3 is 2.55 bits per heavy atom. The van der Waals surface area contributed by atoms with Crippen LogP contribution in [0.2, 0.25) is 0 Å². The number of allylic oxidation sites excluding steroid dienone is 2. The summed E-state index contributed by atoms with van der Waals surface area (Å²) < 4.78 is 45.2. The van der Waals surface area contributed by atoms with Gasteiger partial charge in [0.1, 0.15) is 5.52 Å². The molecule has 1 amide bonds. The first-order valence-corrected chi connectivity index (χ1v) is 13.2. The van der Waals surface area contributed by atoms with Crippen molar-refractivity contribution in [1.82, 2.24) is 10.3 Å². The van der Waals surface area contributed by atoms with Gasteiger partial charge in [0.15, 0.2) is 5.58 Å². The van der Waals surface area contributed by atoms with Gasteiger partial charge in [-0.05, 0) is 90.8 Å². The predicted octanol–water partition coefficient (Wildman–Crippen LogP) is 8.12. The van der Waals surface area contributed by atoms with Crippen LogP contribution in [0.25, 0.3) is 28.1 Å². The fourth-order valence-corrected chi connectivity index (χ4v) is 5.01. The molecule has 8 heteroatoms. The zero-order valence-corrected chi connectivity index (χ0v) is 22.2. The quantitative estimate of drug-likeness (QED) is 0.266. The van der Waals surface area contributed by atoms with Crippen LogP contribution in [0.5, 0.6) is 0 Å². The van der Waals surface area contributed by atoms with Gasteiger partial charge in [0.05, 0.1) is 17.2 Å². The lowest BCUT2D eigenvalue weighted by Gasteiger charge is -2.23. The van der Waals surface area contributed by atoms with Crippen LogP contribution in [-0.4, -0.2) is 17.4 Å². The number of carbonyl (C=O) groups excluding carboxylic acids is 1. The number of hydrogen-bond acceptors (Lipinski definition) is 4. The molecule has 4 aromatic rings. The number of carbonyl (C=O) groups is 1. The summed E-state index contributed by atoms with van der Waals surface area (Å²) in [4.78, 5) is 17.4. The van der Waals surface area contributed by atoms with Crippen LogP contribution in [0.4, 0.5) is 13.2 Å². The fourth-order valence-electron chi connectivity index (χ4n) is 5.01. The summed E-state index contributed by atoms with van der Waals surface area (Å²) in [6.07, 6.45) is -0.248. The molecule has 0 fully saturated rings. The summed E-state index contributed by atoms with van der Waals surface area (Å²) in [7, 11) is 0. The first-order valence-electron chi connectivity index (χ1n) is 13.2. The molecule has 0 spiro atoms. The van der Waals surface area contributed by atoms with Crippen LogP contribution < -0.4 is 5.32 Å². The van der Waals surface area contributed by atoms with E-state index in [-0.39, 0.29) is 17.7 Å². The summed E-state index contributed by atoms with van der Waals surface area (Å²) in [6, 6.07) is 18.1. The van der Waals surface area contributed by atoms with E-state index in [0.29, 0.717) is 53.1 Å². The number of nitriles is 1. The van der Waals surface area contributed by atoms with Gasteiger partial charge in [0.2, 0.25) is 5.89 Å². The Balaban J connectivity index is 1.21. The summed E-state index contributed by atoms with van der Waals surface area (Å²) in [6.45, 7) is 4.55. The molecule has 5 nitrogen and oxygen atoms in total. The summed E-state index contributed by atoms with van der Waals surface area (Å²) >= 11 is 0. The van der Waals surface area contributed by atoms with Gasteiger partial charge in [-0.1, -0.05) is 32.1 Å². The number of halogens is 3. The van der Waals surface area contributed by atoms with Crippen molar-refractivity contribution in [2.45, 2.75) is 45.2 Å². The molecule has 1 atom stereocenters. The van der Waals surface area contributed by atoms with Crippen LogP contribution in [-0.2, 0) is 6.18 Å². The Kier molecular flexibility index (Phi) is 7.49. The van der Waals surface area contributed by atoms with E-state index in [1.165, 1.54) is 12.1 Å². The van der Waals surface area contributed by atoms with Gasteiger partial charge in [-0.25, -0.2) is 4.98 Å². The highest BCUT2D eigenvalue weighted by Gasteiger charge is 2.30. The van der Waals surface area contributed by atoms with E-state index >= 15 is 0 Å². The predicted molar refractivity (Wildman–Crippen MR) is 147 cm³/mol. The maximum atomic E-state index is 13.1. The molecule has 40 heavy (non-hydrogen) atoms. The average Bonchev–Trinajstić information content (AvgIpc) is 3.39. The Hall–Kier alpha value is -4.38. The van der Waals surface area contributed by atoms with Crippen molar-refractivity contribution in [2.75, 3.05) is 6.54 Å². The largest absolute Gasteiger partial charge is 0.436 e. The van der Waals surface area contributed by atoms with E-state index in [9.17, 15) is 23.2 Å². The molecule has 0 radical (unpaired) electrons. The van der Waals surface area contributed by atoms with Crippen molar-refractivity contribution in [3.05, 3.63) is 94.6 Å². The summed E-state index contributed by atoms with van der Waals surface area (Å²) in [5.41, 5.74) is 4.82. The van der Waals surface area contributed by atoms with Gasteiger partial charge in [-0.2, -0.15) is 18.4 Å². The average molecular weight is 544 g/mol. The number of nitrogens with zero attached hydrogens (tertiary/aromatic N) is 2. The van der Waals surface area contributed by atoms with Crippen molar-refractivity contribution >= 4 is 22.6 Å². The number of hydrogen-bond donors (Lipinski definition) is 1. The second-order valence-electron chi connectivity index (χ2n) is 10.4. The maximum Gasteiger partial charge on any atom is 0.416 e. The van der Waals surface area contributed by atoms with Gasteiger partial charge < -0.3 is 9.73 Å². The van der Waals surface area contributed by atoms with Crippen LogP contribution in [0.1, 0.15) is 71.6 Å². The van der Waals surface area contributed by atoms with E-state index in [2.05, 4.69) is 16.4 Å². The second kappa shape index (κ2) is 11.0. The first kappa shape index (κ1) is 27.2. The molecule has 1 aliphatic carbocycles. The maximum absolute atomic E-state index is 13.1. The highest BCUT2D eigenvalue weighted by Crippen LogP contribution is 2.35. The van der Waals surface area contributed by atoms with Crippen molar-refractivity contribution in [3.63, 3.8) is 0 Å². The molecule has 1 N–H and O–H groups in total. The minimum atomic E-state index is -4.36. The van der Waals surface area contributed by atoms with E-state index in [1.807, 2.05) is 26.0 Å². The van der Waals surface area contributed by atoms with Gasteiger partial charge in [-0.15, -0.1) is 0 Å². The minimum absolute atomic E-state index is 0.162.